The van der Waals surface area contributed by atoms with Crippen molar-refractivity contribution in [3.05, 3.63) is 24.4 Å². The summed E-state index contributed by atoms with van der Waals surface area (Å²) in [6, 6.07) is 5.77. The van der Waals surface area contributed by atoms with E-state index in [-0.39, 0.29) is 5.91 Å². The fraction of sp³-hybridized carbons (Fsp3) is 0.467. The summed E-state index contributed by atoms with van der Waals surface area (Å²) >= 11 is 0. The van der Waals surface area contributed by atoms with Crippen LogP contribution in [0.4, 0.5) is 0 Å². The van der Waals surface area contributed by atoms with E-state index in [0.717, 1.165) is 10.8 Å². The zero-order chi connectivity index (χ0) is 15.9. The van der Waals surface area contributed by atoms with Gasteiger partial charge in [-0.05, 0) is 22.9 Å². The Morgan fingerprint density at radius 3 is 2.95 bits per heavy atom. The van der Waals surface area contributed by atoms with Gasteiger partial charge in [0.1, 0.15) is 11.6 Å². The SMILES string of the molecule is C#CCOCCOCCNC(=O)CCSSc1ccccn1. The zero-order valence-electron chi connectivity index (χ0n) is 12.3. The number of ether oxygens (including phenoxy) is 2. The number of terminal acetylenes is 1. The molecule has 0 atom stereocenters. The number of nitrogens with one attached hydrogen (secondary N) is 1. The molecule has 22 heavy (non-hydrogen) atoms. The first-order chi connectivity index (χ1) is 10.8. The molecule has 0 aliphatic rings. The van der Waals surface area contributed by atoms with E-state index in [1.807, 2.05) is 18.2 Å². The Kier molecular flexibility index (Phi) is 11.5. The fourth-order valence-corrected chi connectivity index (χ4v) is 3.20. The molecule has 0 saturated carbocycles. The average Bonchev–Trinajstić information content (AvgIpc) is 2.55. The molecule has 1 heterocycles. The molecule has 0 saturated heterocycles. The van der Waals surface area contributed by atoms with Gasteiger partial charge < -0.3 is 14.8 Å². The number of carbonyl (C=O) groups excluding carboxylic acids is 1. The van der Waals surface area contributed by atoms with E-state index in [9.17, 15) is 4.79 Å². The van der Waals surface area contributed by atoms with Gasteiger partial charge in [0.15, 0.2) is 0 Å². The number of pyridine rings is 1. The van der Waals surface area contributed by atoms with E-state index in [0.29, 0.717) is 39.4 Å². The van der Waals surface area contributed by atoms with Crippen molar-refractivity contribution in [3.63, 3.8) is 0 Å². The molecule has 0 bridgehead atoms. The number of nitrogens with zero attached hydrogens (tertiary/aromatic N) is 1. The summed E-state index contributed by atoms with van der Waals surface area (Å²) in [6.07, 6.45) is 7.28. The lowest BCUT2D eigenvalue weighted by atomic mass is 10.4. The van der Waals surface area contributed by atoms with E-state index < -0.39 is 0 Å². The largest absolute Gasteiger partial charge is 0.377 e. The van der Waals surface area contributed by atoms with E-state index in [1.165, 1.54) is 0 Å². The third-order valence-corrected chi connectivity index (χ3v) is 4.59. The zero-order valence-corrected chi connectivity index (χ0v) is 14.0. The first kappa shape index (κ1) is 18.8. The molecule has 1 aromatic heterocycles. The molecule has 0 unspecified atom stereocenters. The Labute approximate surface area is 139 Å². The van der Waals surface area contributed by atoms with Crippen LogP contribution in [0.1, 0.15) is 6.42 Å². The second-order valence-corrected chi connectivity index (χ2v) is 6.48. The van der Waals surface area contributed by atoms with E-state index >= 15 is 0 Å². The van der Waals surface area contributed by atoms with Crippen molar-refractivity contribution < 1.29 is 14.3 Å². The number of aromatic nitrogens is 1. The lowest BCUT2D eigenvalue weighted by Gasteiger charge is -2.06. The fourth-order valence-electron chi connectivity index (χ4n) is 1.33. The van der Waals surface area contributed by atoms with Crippen molar-refractivity contribution in [2.75, 3.05) is 38.7 Å². The molecule has 120 valence electrons. The molecule has 1 N–H and O–H groups in total. The van der Waals surface area contributed by atoms with E-state index in [2.05, 4.69) is 16.2 Å². The number of carbonyl (C=O) groups is 1. The highest BCUT2D eigenvalue weighted by Gasteiger charge is 2.02. The minimum absolute atomic E-state index is 0.0290. The lowest BCUT2D eigenvalue weighted by Crippen LogP contribution is -2.27. The molecular formula is C15H20N2O3S2. The lowest BCUT2D eigenvalue weighted by molar-refractivity contribution is -0.120. The van der Waals surface area contributed by atoms with Crippen LogP contribution in [-0.2, 0) is 14.3 Å². The van der Waals surface area contributed by atoms with Gasteiger partial charge in [0, 0.05) is 24.9 Å². The third kappa shape index (κ3) is 10.5. The van der Waals surface area contributed by atoms with Crippen molar-refractivity contribution in [1.29, 1.82) is 0 Å². The highest BCUT2D eigenvalue weighted by molar-refractivity contribution is 8.76. The van der Waals surface area contributed by atoms with Crippen LogP contribution < -0.4 is 5.32 Å². The van der Waals surface area contributed by atoms with Gasteiger partial charge in [0.2, 0.25) is 5.91 Å². The van der Waals surface area contributed by atoms with Gasteiger partial charge in [-0.25, -0.2) is 4.98 Å². The van der Waals surface area contributed by atoms with Crippen LogP contribution >= 0.6 is 21.6 Å². The molecule has 7 heteroatoms. The number of amides is 1. The minimum Gasteiger partial charge on any atom is -0.377 e. The van der Waals surface area contributed by atoms with Gasteiger partial charge in [-0.1, -0.05) is 22.8 Å². The summed E-state index contributed by atoms with van der Waals surface area (Å²) in [5.74, 6) is 3.15. The van der Waals surface area contributed by atoms with E-state index in [1.54, 1.807) is 27.8 Å². The molecule has 0 aliphatic carbocycles. The van der Waals surface area contributed by atoms with Crippen molar-refractivity contribution in [2.45, 2.75) is 11.4 Å². The predicted molar refractivity (Wildman–Crippen MR) is 90.6 cm³/mol. The highest BCUT2D eigenvalue weighted by Crippen LogP contribution is 2.29. The van der Waals surface area contributed by atoms with Crippen LogP contribution in [0.25, 0.3) is 0 Å². The average molecular weight is 340 g/mol. The maximum absolute atomic E-state index is 11.6. The molecule has 0 spiro atoms. The van der Waals surface area contributed by atoms with Crippen LogP contribution in [0.3, 0.4) is 0 Å². The van der Waals surface area contributed by atoms with Crippen LogP contribution in [0.2, 0.25) is 0 Å². The van der Waals surface area contributed by atoms with Gasteiger partial charge in [-0.3, -0.25) is 4.79 Å². The molecule has 5 nitrogen and oxygen atoms in total. The van der Waals surface area contributed by atoms with Crippen molar-refractivity contribution in [1.82, 2.24) is 10.3 Å². The standard InChI is InChI=1S/C15H20N2O3S2/c1-2-9-19-11-12-20-10-8-16-14(18)6-13-21-22-15-5-3-4-7-17-15/h1,3-5,7H,6,8-13H2,(H,16,18). The topological polar surface area (TPSA) is 60.5 Å². The summed E-state index contributed by atoms with van der Waals surface area (Å²) in [7, 11) is 3.20. The molecule has 0 fully saturated rings. The Morgan fingerprint density at radius 1 is 1.32 bits per heavy atom. The van der Waals surface area contributed by atoms with Gasteiger partial charge in [-0.2, -0.15) is 0 Å². The molecule has 1 aromatic rings. The molecule has 0 aliphatic heterocycles. The second-order valence-electron chi connectivity index (χ2n) is 4.04. The van der Waals surface area contributed by atoms with E-state index in [4.69, 9.17) is 15.9 Å². The van der Waals surface area contributed by atoms with Gasteiger partial charge in [-0.15, -0.1) is 6.42 Å². The molecule has 0 radical (unpaired) electrons. The summed E-state index contributed by atoms with van der Waals surface area (Å²) in [6.45, 7) is 2.23. The first-order valence-electron chi connectivity index (χ1n) is 6.89. The summed E-state index contributed by atoms with van der Waals surface area (Å²) in [5.41, 5.74) is 0. The Balaban J connectivity index is 1.88. The number of hydrogen-bond donors (Lipinski definition) is 1. The monoisotopic (exact) mass is 340 g/mol. The van der Waals surface area contributed by atoms with Crippen LogP contribution in [-0.4, -0.2) is 49.6 Å². The Morgan fingerprint density at radius 2 is 2.18 bits per heavy atom. The normalized spacial score (nSPS) is 10.1. The second kappa shape index (κ2) is 13.5. The third-order valence-electron chi connectivity index (χ3n) is 2.32. The molecule has 0 aromatic carbocycles. The molecule has 1 rings (SSSR count). The quantitative estimate of drug-likeness (QED) is 0.357. The first-order valence-corrected chi connectivity index (χ1v) is 9.21. The van der Waals surface area contributed by atoms with Gasteiger partial charge in [0.25, 0.3) is 0 Å². The minimum atomic E-state index is 0.0290. The molecular weight excluding hydrogens is 320 g/mol. The van der Waals surface area contributed by atoms with Gasteiger partial charge >= 0.3 is 0 Å². The Bertz CT molecular complexity index is 452. The van der Waals surface area contributed by atoms with Crippen molar-refractivity contribution in [2.24, 2.45) is 0 Å². The van der Waals surface area contributed by atoms with Crippen LogP contribution in [0.15, 0.2) is 29.4 Å². The highest BCUT2D eigenvalue weighted by atomic mass is 33.1. The number of rotatable bonds is 12. The Hall–Kier alpha value is -1.20. The maximum atomic E-state index is 11.6. The predicted octanol–water partition coefficient (Wildman–Crippen LogP) is 1.99. The van der Waals surface area contributed by atoms with Crippen molar-refractivity contribution in [3.8, 4) is 12.3 Å². The van der Waals surface area contributed by atoms with Crippen LogP contribution in [0, 0.1) is 12.3 Å². The van der Waals surface area contributed by atoms with Crippen LogP contribution in [0.5, 0.6) is 0 Å². The smallest absolute Gasteiger partial charge is 0.220 e. The summed E-state index contributed by atoms with van der Waals surface area (Å²) in [4.78, 5) is 15.8. The molecule has 1 amide bonds. The summed E-state index contributed by atoms with van der Waals surface area (Å²) < 4.78 is 10.3. The van der Waals surface area contributed by atoms with Gasteiger partial charge in [0.05, 0.1) is 19.8 Å². The number of hydrogen-bond acceptors (Lipinski definition) is 6. The maximum Gasteiger partial charge on any atom is 0.220 e. The van der Waals surface area contributed by atoms with Crippen molar-refractivity contribution >= 4 is 27.5 Å². The summed E-state index contributed by atoms with van der Waals surface area (Å²) in [5, 5.41) is 3.76.